The van der Waals surface area contributed by atoms with Gasteiger partial charge in [0.15, 0.2) is 0 Å². The minimum absolute atomic E-state index is 0.584. The topological polar surface area (TPSA) is 50.0 Å². The first-order valence-corrected chi connectivity index (χ1v) is 7.17. The summed E-state index contributed by atoms with van der Waals surface area (Å²) in [6.45, 7) is 3.62. The van der Waals surface area contributed by atoms with Crippen LogP contribution in [-0.2, 0) is 11.3 Å². The van der Waals surface area contributed by atoms with Gasteiger partial charge < -0.3 is 14.6 Å². The van der Waals surface area contributed by atoms with Crippen LogP contribution in [0.1, 0.15) is 18.4 Å². The van der Waals surface area contributed by atoms with Crippen molar-refractivity contribution in [2.75, 3.05) is 19.8 Å². The highest BCUT2D eigenvalue weighted by atomic mass is 16.5. The van der Waals surface area contributed by atoms with Crippen molar-refractivity contribution in [3.8, 4) is 6.07 Å². The zero-order chi connectivity index (χ0) is 13.8. The van der Waals surface area contributed by atoms with E-state index in [-0.39, 0.29) is 0 Å². The Labute approximate surface area is 119 Å². The number of ether oxygens (including phenoxy) is 1. The molecule has 2 aromatic rings. The number of nitrogens with one attached hydrogen (secondary N) is 1. The molecule has 0 radical (unpaired) electrons. The van der Waals surface area contributed by atoms with Gasteiger partial charge in [0.25, 0.3) is 0 Å². The van der Waals surface area contributed by atoms with Crippen LogP contribution in [0.15, 0.2) is 30.5 Å². The predicted octanol–water partition coefficient (Wildman–Crippen LogP) is 2.28. The lowest BCUT2D eigenvalue weighted by Gasteiger charge is -2.23. The summed E-state index contributed by atoms with van der Waals surface area (Å²) in [5, 5.41) is 13.7. The summed E-state index contributed by atoms with van der Waals surface area (Å²) >= 11 is 0. The molecule has 0 saturated carbocycles. The number of benzene rings is 1. The summed E-state index contributed by atoms with van der Waals surface area (Å²) in [4.78, 5) is 0. The third-order valence-electron chi connectivity index (χ3n) is 3.94. The van der Waals surface area contributed by atoms with Gasteiger partial charge in [-0.1, -0.05) is 6.07 Å². The summed E-state index contributed by atoms with van der Waals surface area (Å²) in [5.41, 5.74) is 1.89. The third-order valence-corrected chi connectivity index (χ3v) is 3.94. The highest BCUT2D eigenvalue weighted by molar-refractivity contribution is 5.85. The van der Waals surface area contributed by atoms with Gasteiger partial charge in [-0.3, -0.25) is 0 Å². The monoisotopic (exact) mass is 269 g/mol. The summed E-state index contributed by atoms with van der Waals surface area (Å²) in [7, 11) is 0. The van der Waals surface area contributed by atoms with Crippen molar-refractivity contribution in [1.29, 1.82) is 5.26 Å². The molecule has 2 heterocycles. The summed E-state index contributed by atoms with van der Waals surface area (Å²) < 4.78 is 7.57. The van der Waals surface area contributed by atoms with E-state index >= 15 is 0 Å². The van der Waals surface area contributed by atoms with Crippen LogP contribution in [0, 0.1) is 11.3 Å². The second-order valence-corrected chi connectivity index (χ2v) is 5.20. The standard InChI is InChI=1S/C16H19N3O/c17-12-13-2-1-3-16-15(13)4-8-19(16)9-7-18-14-5-10-20-11-6-14/h1-4,8,14,18H,5-7,9-11H2. The van der Waals surface area contributed by atoms with Gasteiger partial charge in [0.2, 0.25) is 0 Å². The van der Waals surface area contributed by atoms with Crippen molar-refractivity contribution in [3.05, 3.63) is 36.0 Å². The molecule has 4 heteroatoms. The number of aromatic nitrogens is 1. The first-order valence-electron chi connectivity index (χ1n) is 7.17. The van der Waals surface area contributed by atoms with Crippen LogP contribution in [0.5, 0.6) is 0 Å². The van der Waals surface area contributed by atoms with E-state index in [1.807, 2.05) is 18.2 Å². The molecule has 4 nitrogen and oxygen atoms in total. The molecular weight excluding hydrogens is 250 g/mol. The molecule has 0 atom stereocenters. The number of hydrogen-bond donors (Lipinski definition) is 1. The number of rotatable bonds is 4. The molecule has 1 aromatic heterocycles. The molecule has 1 aliphatic rings. The number of fused-ring (bicyclic) bond motifs is 1. The summed E-state index contributed by atoms with van der Waals surface area (Å²) in [6.07, 6.45) is 4.27. The van der Waals surface area contributed by atoms with E-state index in [0.717, 1.165) is 55.6 Å². The molecule has 1 N–H and O–H groups in total. The molecule has 0 spiro atoms. The van der Waals surface area contributed by atoms with Crippen molar-refractivity contribution < 1.29 is 4.74 Å². The Morgan fingerprint density at radius 2 is 2.15 bits per heavy atom. The number of nitriles is 1. The van der Waals surface area contributed by atoms with Crippen molar-refractivity contribution in [3.63, 3.8) is 0 Å². The Morgan fingerprint density at radius 3 is 2.95 bits per heavy atom. The van der Waals surface area contributed by atoms with Gasteiger partial charge in [-0.2, -0.15) is 5.26 Å². The van der Waals surface area contributed by atoms with Gasteiger partial charge in [-0.05, 0) is 31.0 Å². The molecule has 0 unspecified atom stereocenters. The van der Waals surface area contributed by atoms with Gasteiger partial charge in [-0.15, -0.1) is 0 Å². The van der Waals surface area contributed by atoms with E-state index in [1.165, 1.54) is 0 Å². The quantitative estimate of drug-likeness (QED) is 0.926. The maximum Gasteiger partial charge on any atom is 0.0998 e. The van der Waals surface area contributed by atoms with Crippen molar-refractivity contribution in [2.45, 2.75) is 25.4 Å². The van der Waals surface area contributed by atoms with E-state index in [1.54, 1.807) is 0 Å². The normalized spacial score (nSPS) is 16.4. The second-order valence-electron chi connectivity index (χ2n) is 5.20. The highest BCUT2D eigenvalue weighted by Crippen LogP contribution is 2.19. The van der Waals surface area contributed by atoms with E-state index in [0.29, 0.717) is 6.04 Å². The largest absolute Gasteiger partial charge is 0.381 e. The molecule has 1 fully saturated rings. The van der Waals surface area contributed by atoms with Crippen LogP contribution in [-0.4, -0.2) is 30.4 Å². The predicted molar refractivity (Wildman–Crippen MR) is 78.5 cm³/mol. The number of nitrogens with zero attached hydrogens (tertiary/aromatic N) is 2. The van der Waals surface area contributed by atoms with Crippen LogP contribution in [0.3, 0.4) is 0 Å². The first-order chi connectivity index (χ1) is 9.88. The van der Waals surface area contributed by atoms with Gasteiger partial charge in [0.1, 0.15) is 0 Å². The lowest BCUT2D eigenvalue weighted by Crippen LogP contribution is -2.36. The van der Waals surface area contributed by atoms with Crippen LogP contribution < -0.4 is 5.32 Å². The molecule has 0 aliphatic carbocycles. The lowest BCUT2D eigenvalue weighted by atomic mass is 10.1. The van der Waals surface area contributed by atoms with E-state index < -0.39 is 0 Å². The van der Waals surface area contributed by atoms with Crippen molar-refractivity contribution in [2.24, 2.45) is 0 Å². The van der Waals surface area contributed by atoms with Gasteiger partial charge in [0.05, 0.1) is 11.6 Å². The van der Waals surface area contributed by atoms with Crippen LogP contribution in [0.2, 0.25) is 0 Å². The zero-order valence-corrected chi connectivity index (χ0v) is 11.5. The molecule has 104 valence electrons. The van der Waals surface area contributed by atoms with Gasteiger partial charge in [0, 0.05) is 49.4 Å². The second kappa shape index (κ2) is 6.08. The number of hydrogen-bond acceptors (Lipinski definition) is 3. The van der Waals surface area contributed by atoms with Crippen LogP contribution >= 0.6 is 0 Å². The Bertz CT molecular complexity index is 620. The van der Waals surface area contributed by atoms with Crippen molar-refractivity contribution in [1.82, 2.24) is 9.88 Å². The smallest absolute Gasteiger partial charge is 0.0998 e. The molecule has 1 aromatic carbocycles. The van der Waals surface area contributed by atoms with Crippen LogP contribution in [0.4, 0.5) is 0 Å². The van der Waals surface area contributed by atoms with Gasteiger partial charge >= 0.3 is 0 Å². The molecule has 1 saturated heterocycles. The first kappa shape index (κ1) is 13.2. The lowest BCUT2D eigenvalue weighted by molar-refractivity contribution is 0.0779. The molecule has 20 heavy (non-hydrogen) atoms. The third kappa shape index (κ3) is 2.69. The Morgan fingerprint density at radius 1 is 1.30 bits per heavy atom. The van der Waals surface area contributed by atoms with E-state index in [9.17, 15) is 0 Å². The van der Waals surface area contributed by atoms with Crippen LogP contribution in [0.25, 0.3) is 10.9 Å². The SMILES string of the molecule is N#Cc1cccc2c1ccn2CCNC1CCOCC1. The fraction of sp³-hybridized carbons (Fsp3) is 0.438. The molecule has 1 aliphatic heterocycles. The average molecular weight is 269 g/mol. The Hall–Kier alpha value is -1.83. The molecular formula is C16H19N3O. The maximum absolute atomic E-state index is 9.11. The fourth-order valence-corrected chi connectivity index (χ4v) is 2.81. The fourth-order valence-electron chi connectivity index (χ4n) is 2.81. The average Bonchev–Trinajstić information content (AvgIpc) is 2.92. The Kier molecular flexibility index (Phi) is 4.00. The zero-order valence-electron chi connectivity index (χ0n) is 11.5. The minimum Gasteiger partial charge on any atom is -0.381 e. The van der Waals surface area contributed by atoms with E-state index in [2.05, 4.69) is 28.2 Å². The van der Waals surface area contributed by atoms with Crippen molar-refractivity contribution >= 4 is 10.9 Å². The highest BCUT2D eigenvalue weighted by Gasteiger charge is 2.12. The molecule has 0 amide bonds. The van der Waals surface area contributed by atoms with E-state index in [4.69, 9.17) is 10.00 Å². The molecule has 0 bridgehead atoms. The minimum atomic E-state index is 0.584. The summed E-state index contributed by atoms with van der Waals surface area (Å²) in [6, 6.07) is 10.8. The summed E-state index contributed by atoms with van der Waals surface area (Å²) in [5.74, 6) is 0. The van der Waals surface area contributed by atoms with Gasteiger partial charge in [-0.25, -0.2) is 0 Å². The maximum atomic E-state index is 9.11. The molecule has 3 rings (SSSR count). The Balaban J connectivity index is 1.64.